The molecule has 2 aromatic rings. The average Bonchev–Trinajstić information content (AvgIpc) is 3.06. The van der Waals surface area contributed by atoms with Gasteiger partial charge in [0.05, 0.1) is 6.04 Å². The van der Waals surface area contributed by atoms with E-state index in [1.165, 1.54) is 0 Å². The van der Waals surface area contributed by atoms with Crippen LogP contribution in [0.25, 0.3) is 0 Å². The molecule has 1 aliphatic rings. The lowest BCUT2D eigenvalue weighted by molar-refractivity contribution is -0.154. The van der Waals surface area contributed by atoms with Gasteiger partial charge in [0.1, 0.15) is 0 Å². The maximum absolute atomic E-state index is 12.9. The van der Waals surface area contributed by atoms with Gasteiger partial charge in [-0.05, 0) is 24.1 Å². The second-order valence-electron chi connectivity index (χ2n) is 5.93. The fraction of sp³-hybridized carbons (Fsp3) is 0.316. The number of cyclic esters (lactones) is 1. The number of aromatic nitrogens is 1. The van der Waals surface area contributed by atoms with Crippen LogP contribution >= 0.6 is 0 Å². The molecule has 2 heterocycles. The minimum atomic E-state index is -0.680. The number of carbonyl (C=O) groups excluding carboxylic acids is 2. The van der Waals surface area contributed by atoms with Gasteiger partial charge in [-0.1, -0.05) is 36.4 Å². The van der Waals surface area contributed by atoms with Gasteiger partial charge in [-0.15, -0.1) is 0 Å². The molecular formula is C19H20N2O3. The molecule has 0 saturated carbocycles. The van der Waals surface area contributed by atoms with Gasteiger partial charge >= 0.3 is 5.97 Å². The lowest BCUT2D eigenvalue weighted by Crippen LogP contribution is -2.40. The van der Waals surface area contributed by atoms with Gasteiger partial charge in [0.2, 0.25) is 0 Å². The van der Waals surface area contributed by atoms with E-state index in [2.05, 4.69) is 4.98 Å². The Labute approximate surface area is 141 Å². The monoisotopic (exact) mass is 324 g/mol. The largest absolute Gasteiger partial charge is 0.452 e. The molecule has 1 aliphatic heterocycles. The number of hydrogen-bond donors (Lipinski definition) is 0. The normalized spacial score (nSPS) is 18.0. The second kappa shape index (κ2) is 7.25. The van der Waals surface area contributed by atoms with Crippen molar-refractivity contribution in [2.24, 2.45) is 0 Å². The summed E-state index contributed by atoms with van der Waals surface area (Å²) in [5.41, 5.74) is 1.98. The van der Waals surface area contributed by atoms with Gasteiger partial charge in [-0.3, -0.25) is 14.6 Å². The third kappa shape index (κ3) is 3.62. The van der Waals surface area contributed by atoms with Crippen LogP contribution in [0.15, 0.2) is 54.9 Å². The van der Waals surface area contributed by atoms with Crippen LogP contribution in [0.3, 0.4) is 0 Å². The van der Waals surface area contributed by atoms with Crippen LogP contribution in [0.2, 0.25) is 0 Å². The summed E-state index contributed by atoms with van der Waals surface area (Å²) in [7, 11) is 0. The Morgan fingerprint density at radius 2 is 2.08 bits per heavy atom. The van der Waals surface area contributed by atoms with Crippen molar-refractivity contribution < 1.29 is 14.3 Å². The first kappa shape index (κ1) is 16.2. The van der Waals surface area contributed by atoms with Crippen LogP contribution in [0.4, 0.5) is 0 Å². The molecule has 1 fully saturated rings. The molecule has 0 radical (unpaired) electrons. The molecule has 0 spiro atoms. The fourth-order valence-electron chi connectivity index (χ4n) is 2.89. The van der Waals surface area contributed by atoms with E-state index in [4.69, 9.17) is 4.74 Å². The third-order valence-corrected chi connectivity index (χ3v) is 4.27. The van der Waals surface area contributed by atoms with Gasteiger partial charge in [-0.2, -0.15) is 0 Å². The lowest BCUT2D eigenvalue weighted by atomic mass is 10.0. The number of benzene rings is 1. The van der Waals surface area contributed by atoms with Gasteiger partial charge in [0.15, 0.2) is 6.10 Å². The molecule has 0 N–H and O–H groups in total. The highest BCUT2D eigenvalue weighted by molar-refractivity contribution is 5.86. The summed E-state index contributed by atoms with van der Waals surface area (Å²) >= 11 is 0. The summed E-state index contributed by atoms with van der Waals surface area (Å²) in [5, 5.41) is 0. The van der Waals surface area contributed by atoms with Crippen LogP contribution in [-0.4, -0.2) is 27.9 Å². The Kier molecular flexibility index (Phi) is 4.89. The predicted molar refractivity (Wildman–Crippen MR) is 88.8 cm³/mol. The van der Waals surface area contributed by atoms with Gasteiger partial charge in [-0.25, -0.2) is 0 Å². The molecule has 2 atom stereocenters. The first-order valence-electron chi connectivity index (χ1n) is 8.09. The van der Waals surface area contributed by atoms with E-state index in [1.54, 1.807) is 17.3 Å². The molecule has 1 amide bonds. The smallest absolute Gasteiger partial charge is 0.306 e. The topological polar surface area (TPSA) is 59.5 Å². The van der Waals surface area contributed by atoms with Crippen molar-refractivity contribution in [3.05, 3.63) is 66.0 Å². The number of esters is 1. The van der Waals surface area contributed by atoms with E-state index in [0.29, 0.717) is 19.4 Å². The number of rotatable bonds is 5. The zero-order valence-electron chi connectivity index (χ0n) is 13.6. The summed E-state index contributed by atoms with van der Waals surface area (Å²) in [6, 6.07) is 13.5. The number of amides is 1. The first-order chi connectivity index (χ1) is 11.6. The minimum absolute atomic E-state index is 0.127. The Hall–Kier alpha value is -2.69. The van der Waals surface area contributed by atoms with E-state index >= 15 is 0 Å². The minimum Gasteiger partial charge on any atom is -0.452 e. The second-order valence-corrected chi connectivity index (χ2v) is 5.93. The Morgan fingerprint density at radius 3 is 2.71 bits per heavy atom. The van der Waals surface area contributed by atoms with Crippen LogP contribution in [0.5, 0.6) is 0 Å². The van der Waals surface area contributed by atoms with Crippen LogP contribution in [0, 0.1) is 0 Å². The molecule has 0 aliphatic carbocycles. The molecule has 0 unspecified atom stereocenters. The zero-order chi connectivity index (χ0) is 16.9. The summed E-state index contributed by atoms with van der Waals surface area (Å²) in [6.07, 6.45) is 3.52. The molecule has 5 nitrogen and oxygen atoms in total. The number of ether oxygens (including phenoxy) is 1. The third-order valence-electron chi connectivity index (χ3n) is 4.27. The zero-order valence-corrected chi connectivity index (χ0v) is 13.6. The Bertz CT molecular complexity index is 703. The van der Waals surface area contributed by atoms with Crippen molar-refractivity contribution in [3.63, 3.8) is 0 Å². The average molecular weight is 324 g/mol. The SMILES string of the molecule is C[C@H](c1ccccc1)N(Cc1cccnc1)C(=O)[C@H]1CCC(=O)O1. The van der Waals surface area contributed by atoms with E-state index in [-0.39, 0.29) is 17.9 Å². The van der Waals surface area contributed by atoms with Crippen LogP contribution < -0.4 is 0 Å². The van der Waals surface area contributed by atoms with Crippen molar-refractivity contribution in [2.45, 2.75) is 38.5 Å². The first-order valence-corrected chi connectivity index (χ1v) is 8.09. The van der Waals surface area contributed by atoms with Gasteiger partial charge < -0.3 is 9.64 Å². The van der Waals surface area contributed by atoms with E-state index in [0.717, 1.165) is 11.1 Å². The molecule has 1 aromatic heterocycles. The van der Waals surface area contributed by atoms with Crippen LogP contribution in [0.1, 0.15) is 36.9 Å². The molecule has 1 aromatic carbocycles. The molecule has 3 rings (SSSR count). The lowest BCUT2D eigenvalue weighted by Gasteiger charge is -2.31. The Balaban J connectivity index is 1.85. The molecule has 1 saturated heterocycles. The quantitative estimate of drug-likeness (QED) is 0.794. The van der Waals surface area contributed by atoms with Crippen molar-refractivity contribution >= 4 is 11.9 Å². The van der Waals surface area contributed by atoms with Crippen molar-refractivity contribution in [1.29, 1.82) is 0 Å². The van der Waals surface area contributed by atoms with Crippen molar-refractivity contribution in [2.75, 3.05) is 0 Å². The number of nitrogens with zero attached hydrogens (tertiary/aromatic N) is 2. The molecule has 5 heteroatoms. The predicted octanol–water partition coefficient (Wildman–Crippen LogP) is 2.88. The van der Waals surface area contributed by atoms with Crippen molar-refractivity contribution in [1.82, 2.24) is 9.88 Å². The highest BCUT2D eigenvalue weighted by Crippen LogP contribution is 2.26. The number of carbonyl (C=O) groups is 2. The van der Waals surface area contributed by atoms with Gasteiger partial charge in [0, 0.05) is 31.8 Å². The number of hydrogen-bond acceptors (Lipinski definition) is 4. The maximum Gasteiger partial charge on any atom is 0.306 e. The van der Waals surface area contributed by atoms with E-state index < -0.39 is 6.10 Å². The summed E-state index contributed by atoms with van der Waals surface area (Å²) in [6.45, 7) is 2.41. The van der Waals surface area contributed by atoms with Crippen LogP contribution in [-0.2, 0) is 20.9 Å². The highest BCUT2D eigenvalue weighted by atomic mass is 16.6. The fourth-order valence-corrected chi connectivity index (χ4v) is 2.89. The molecule has 124 valence electrons. The molecular weight excluding hydrogens is 304 g/mol. The molecule has 0 bridgehead atoms. The summed E-state index contributed by atoms with van der Waals surface area (Å²) in [4.78, 5) is 30.2. The summed E-state index contributed by atoms with van der Waals surface area (Å²) < 4.78 is 5.18. The number of pyridine rings is 1. The maximum atomic E-state index is 12.9. The standard InChI is InChI=1S/C19H20N2O3/c1-14(16-7-3-2-4-8-16)21(13-15-6-5-11-20-12-15)19(23)17-9-10-18(22)24-17/h2-8,11-12,14,17H,9-10,13H2,1H3/t14-,17-/m1/s1. The van der Waals surface area contributed by atoms with E-state index in [9.17, 15) is 9.59 Å². The van der Waals surface area contributed by atoms with Crippen molar-refractivity contribution in [3.8, 4) is 0 Å². The van der Waals surface area contributed by atoms with Gasteiger partial charge in [0.25, 0.3) is 5.91 Å². The molecule has 24 heavy (non-hydrogen) atoms. The van der Waals surface area contributed by atoms with E-state index in [1.807, 2.05) is 49.4 Å². The highest BCUT2D eigenvalue weighted by Gasteiger charge is 2.35. The Morgan fingerprint density at radius 1 is 1.29 bits per heavy atom. The summed E-state index contributed by atoms with van der Waals surface area (Å²) in [5.74, 6) is -0.455.